The van der Waals surface area contributed by atoms with Crippen LogP contribution in [0.3, 0.4) is 0 Å². The normalized spacial score (nSPS) is 5.20. The van der Waals surface area contributed by atoms with Crippen LogP contribution in [0.1, 0.15) is 6.92 Å². The molecule has 0 spiro atoms. The molecule has 0 radical (unpaired) electrons. The first-order valence-corrected chi connectivity index (χ1v) is 1.83. The quantitative estimate of drug-likeness (QED) is 0.420. The molecule has 0 aliphatic carbocycles. The Labute approximate surface area is 56.6 Å². The van der Waals surface area contributed by atoms with E-state index in [0.29, 0.717) is 0 Å². The van der Waals surface area contributed by atoms with Crippen molar-refractivity contribution in [2.75, 3.05) is 0 Å². The minimum absolute atomic E-state index is 0. The molecule has 58 valence electrons. The fourth-order valence-electron chi connectivity index (χ4n) is 0. The fraction of sp³-hybridized carbons (Fsp3) is 0.250. The van der Waals surface area contributed by atoms with Gasteiger partial charge in [-0.25, -0.2) is 9.59 Å². The van der Waals surface area contributed by atoms with Gasteiger partial charge in [0.05, 0.1) is 6.07 Å². The fourth-order valence-corrected chi connectivity index (χ4v) is 0. The summed E-state index contributed by atoms with van der Waals surface area (Å²) < 4.78 is 0. The number of hydrogen-bond acceptors (Lipinski definition) is 3. The van der Waals surface area contributed by atoms with Crippen molar-refractivity contribution in [2.24, 2.45) is 0 Å². The highest BCUT2D eigenvalue weighted by Crippen LogP contribution is 1.56. The molecule has 0 heterocycles. The highest BCUT2D eigenvalue weighted by atomic mass is 16.4. The summed E-state index contributed by atoms with van der Waals surface area (Å²) in [7, 11) is 0. The maximum absolute atomic E-state index is 9.10. The van der Waals surface area contributed by atoms with E-state index in [1.165, 1.54) is 6.92 Å². The summed E-state index contributed by atoms with van der Waals surface area (Å²) in [5.74, 6) is -3.65. The van der Waals surface area contributed by atoms with Crippen molar-refractivity contribution in [3.63, 3.8) is 0 Å². The van der Waals surface area contributed by atoms with Crippen LogP contribution in [0.4, 0.5) is 0 Å². The van der Waals surface area contributed by atoms with Gasteiger partial charge in [0, 0.05) is 6.92 Å². The average Bonchev–Trinajstić information content (AvgIpc) is 1.68. The van der Waals surface area contributed by atoms with Gasteiger partial charge in [0.2, 0.25) is 0 Å². The lowest BCUT2D eigenvalue weighted by Crippen LogP contribution is -2.09. The molecule has 0 saturated heterocycles. The van der Waals surface area contributed by atoms with Crippen LogP contribution in [-0.4, -0.2) is 27.6 Å². The van der Waals surface area contributed by atoms with Gasteiger partial charge in [-0.2, -0.15) is 5.26 Å². The lowest BCUT2D eigenvalue weighted by Gasteiger charge is -1.72. The molecule has 0 aromatic carbocycles. The number of carboxylic acids is 2. The zero-order valence-corrected chi connectivity index (χ0v) is 5.16. The van der Waals surface area contributed by atoms with E-state index in [2.05, 4.69) is 0 Å². The third-order valence-electron chi connectivity index (χ3n) is 0.183. The first-order valence-electron chi connectivity index (χ1n) is 1.83. The minimum Gasteiger partial charge on any atom is -0.473 e. The predicted molar refractivity (Wildman–Crippen MR) is 30.2 cm³/mol. The van der Waals surface area contributed by atoms with E-state index in [-0.39, 0.29) is 5.48 Å². The zero-order valence-electron chi connectivity index (χ0n) is 5.16. The molecule has 0 aromatic heterocycles. The molecule has 0 unspecified atom stereocenters. The second-order valence-corrected chi connectivity index (χ2v) is 0.834. The lowest BCUT2D eigenvalue weighted by molar-refractivity contribution is -0.159. The molecular weight excluding hydrogens is 142 g/mol. The first-order chi connectivity index (χ1) is 4.06. The van der Waals surface area contributed by atoms with Crippen LogP contribution in [0, 0.1) is 11.3 Å². The molecule has 0 rings (SSSR count). The Morgan fingerprint density at radius 2 is 1.40 bits per heavy atom. The largest absolute Gasteiger partial charge is 0.473 e. The van der Waals surface area contributed by atoms with Crippen molar-refractivity contribution in [1.29, 1.82) is 5.26 Å². The van der Waals surface area contributed by atoms with Gasteiger partial charge >= 0.3 is 11.9 Å². The van der Waals surface area contributed by atoms with Crippen LogP contribution in [0.15, 0.2) is 0 Å². The molecule has 6 nitrogen and oxygen atoms in total. The van der Waals surface area contributed by atoms with Gasteiger partial charge in [-0.15, -0.1) is 0 Å². The zero-order chi connectivity index (χ0) is 7.86. The number of rotatable bonds is 0. The molecule has 10 heavy (non-hydrogen) atoms. The smallest absolute Gasteiger partial charge is 0.414 e. The molecule has 0 amide bonds. The molecule has 0 bridgehead atoms. The van der Waals surface area contributed by atoms with Crippen LogP contribution in [0.25, 0.3) is 0 Å². The van der Waals surface area contributed by atoms with Gasteiger partial charge in [-0.3, -0.25) is 0 Å². The monoisotopic (exact) mass is 149 g/mol. The van der Waals surface area contributed by atoms with Crippen molar-refractivity contribution in [2.45, 2.75) is 6.92 Å². The van der Waals surface area contributed by atoms with Crippen LogP contribution < -0.4 is 0 Å². The van der Waals surface area contributed by atoms with E-state index in [9.17, 15) is 0 Å². The van der Waals surface area contributed by atoms with Gasteiger partial charge in [0.15, 0.2) is 0 Å². The van der Waals surface area contributed by atoms with Crippen molar-refractivity contribution < 1.29 is 25.3 Å². The predicted octanol–water partition coefficient (Wildman–Crippen LogP) is -1.14. The standard InChI is InChI=1S/C2H3N.C2H2O4.H2O/c1-2-3;3-1(4)2(5)6;/h1H3;(H,3,4)(H,5,6);1H2. The summed E-state index contributed by atoms with van der Waals surface area (Å²) in [5, 5.41) is 22.1. The highest BCUT2D eigenvalue weighted by molar-refractivity contribution is 6.27. The molecule has 0 fully saturated rings. The second kappa shape index (κ2) is 10.4. The summed E-state index contributed by atoms with van der Waals surface area (Å²) in [6.07, 6.45) is 0. The van der Waals surface area contributed by atoms with Crippen molar-refractivity contribution in [3.05, 3.63) is 0 Å². The third-order valence-corrected chi connectivity index (χ3v) is 0.183. The van der Waals surface area contributed by atoms with Gasteiger partial charge in [0.1, 0.15) is 0 Å². The van der Waals surface area contributed by atoms with E-state index in [1.54, 1.807) is 6.07 Å². The van der Waals surface area contributed by atoms with Crippen molar-refractivity contribution >= 4 is 11.9 Å². The van der Waals surface area contributed by atoms with Crippen molar-refractivity contribution in [3.8, 4) is 6.07 Å². The third kappa shape index (κ3) is 32.5. The number of hydrogen-bond donors (Lipinski definition) is 2. The molecule has 4 N–H and O–H groups in total. The van der Waals surface area contributed by atoms with Gasteiger partial charge in [-0.05, 0) is 0 Å². The maximum atomic E-state index is 9.10. The van der Waals surface area contributed by atoms with Crippen LogP contribution in [0.5, 0.6) is 0 Å². The first kappa shape index (κ1) is 15.8. The summed E-state index contributed by atoms with van der Waals surface area (Å²) in [6, 6.07) is 1.75. The molecule has 0 saturated carbocycles. The van der Waals surface area contributed by atoms with Gasteiger partial charge in [-0.1, -0.05) is 0 Å². The number of nitriles is 1. The summed E-state index contributed by atoms with van der Waals surface area (Å²) >= 11 is 0. The van der Waals surface area contributed by atoms with Gasteiger partial charge in [0.25, 0.3) is 0 Å². The maximum Gasteiger partial charge on any atom is 0.414 e. The van der Waals surface area contributed by atoms with E-state index >= 15 is 0 Å². The van der Waals surface area contributed by atoms with Crippen molar-refractivity contribution in [1.82, 2.24) is 0 Å². The van der Waals surface area contributed by atoms with Crippen LogP contribution in [-0.2, 0) is 9.59 Å². The van der Waals surface area contributed by atoms with E-state index in [0.717, 1.165) is 0 Å². The second-order valence-electron chi connectivity index (χ2n) is 0.834. The molecule has 0 aromatic rings. The van der Waals surface area contributed by atoms with Gasteiger partial charge < -0.3 is 15.7 Å². The average molecular weight is 149 g/mol. The summed E-state index contributed by atoms with van der Waals surface area (Å²) in [6.45, 7) is 1.43. The minimum atomic E-state index is -1.82. The van der Waals surface area contributed by atoms with E-state index in [1.807, 2.05) is 0 Å². The Balaban J connectivity index is -0.000000107. The SMILES string of the molecule is CC#N.O.O=C(O)C(=O)O. The molecule has 0 aliphatic heterocycles. The Morgan fingerprint density at radius 1 is 1.30 bits per heavy atom. The Morgan fingerprint density at radius 3 is 1.40 bits per heavy atom. The molecule has 0 atom stereocenters. The topological polar surface area (TPSA) is 130 Å². The van der Waals surface area contributed by atoms with E-state index in [4.69, 9.17) is 25.1 Å². The Kier molecular flexibility index (Phi) is 16.4. The molecule has 0 aliphatic rings. The lowest BCUT2D eigenvalue weighted by atomic mass is 10.7. The molecule has 6 heteroatoms. The molecular formula is C4H7NO5. The Bertz CT molecular complexity index is 134. The number of carboxylic acid groups (broad SMARTS) is 2. The van der Waals surface area contributed by atoms with Crippen LogP contribution >= 0.6 is 0 Å². The number of nitrogens with zero attached hydrogens (tertiary/aromatic N) is 1. The van der Waals surface area contributed by atoms with E-state index < -0.39 is 11.9 Å². The Hall–Kier alpha value is -1.61. The van der Waals surface area contributed by atoms with Crippen LogP contribution in [0.2, 0.25) is 0 Å². The summed E-state index contributed by atoms with van der Waals surface area (Å²) in [4.78, 5) is 18.2. The number of aliphatic carboxylic acids is 2. The summed E-state index contributed by atoms with van der Waals surface area (Å²) in [5.41, 5.74) is 0. The number of carbonyl (C=O) groups is 2. The highest BCUT2D eigenvalue weighted by Gasteiger charge is 2.04.